The van der Waals surface area contributed by atoms with Crippen molar-refractivity contribution in [2.24, 2.45) is 0 Å². The first-order chi connectivity index (χ1) is 13.8. The van der Waals surface area contributed by atoms with Gasteiger partial charge in [-0.2, -0.15) is 5.10 Å². The van der Waals surface area contributed by atoms with Gasteiger partial charge in [0.15, 0.2) is 0 Å². The van der Waals surface area contributed by atoms with E-state index >= 15 is 0 Å². The van der Waals surface area contributed by atoms with E-state index in [9.17, 15) is 4.79 Å². The monoisotopic (exact) mass is 379 g/mol. The number of aromatic nitrogens is 4. The molecule has 0 saturated carbocycles. The fourth-order valence-corrected chi connectivity index (χ4v) is 3.77. The van der Waals surface area contributed by atoms with E-state index in [0.29, 0.717) is 26.3 Å². The second-order valence-corrected chi connectivity index (χ2v) is 6.90. The minimum atomic E-state index is 0.0342. The van der Waals surface area contributed by atoms with Gasteiger partial charge in [-0.25, -0.2) is 4.98 Å². The van der Waals surface area contributed by atoms with Gasteiger partial charge in [-0.3, -0.25) is 14.9 Å². The number of ether oxygens (including phenoxy) is 1. The van der Waals surface area contributed by atoms with Crippen molar-refractivity contribution in [3.8, 4) is 11.4 Å². The molecule has 2 aliphatic rings. The first kappa shape index (κ1) is 16.9. The highest BCUT2D eigenvalue weighted by atomic mass is 16.5. The molecule has 5 rings (SSSR count). The van der Waals surface area contributed by atoms with Crippen LogP contribution in [0.2, 0.25) is 0 Å². The number of rotatable bonds is 3. The number of anilines is 2. The average molecular weight is 379 g/mol. The number of carbonyl (C=O) groups excluding carboxylic acids is 1. The summed E-state index contributed by atoms with van der Waals surface area (Å²) in [7, 11) is 0. The lowest BCUT2D eigenvalue weighted by molar-refractivity contribution is -0.120. The van der Waals surface area contributed by atoms with Crippen molar-refractivity contribution in [3.63, 3.8) is 0 Å². The third kappa shape index (κ3) is 3.03. The second-order valence-electron chi connectivity index (χ2n) is 6.90. The summed E-state index contributed by atoms with van der Waals surface area (Å²) >= 11 is 0. The van der Waals surface area contributed by atoms with Crippen molar-refractivity contribution in [1.82, 2.24) is 25.5 Å². The summed E-state index contributed by atoms with van der Waals surface area (Å²) < 4.78 is 5.49. The van der Waals surface area contributed by atoms with Crippen molar-refractivity contribution in [1.29, 1.82) is 0 Å². The molecular formula is C19H21N7O2. The molecule has 9 heteroatoms. The molecular weight excluding hydrogens is 358 g/mol. The molecule has 3 aromatic heterocycles. The maximum absolute atomic E-state index is 12.0. The molecule has 9 nitrogen and oxygen atoms in total. The minimum Gasteiger partial charge on any atom is -0.378 e. The molecule has 0 aliphatic carbocycles. The molecule has 2 fully saturated rings. The Kier molecular flexibility index (Phi) is 4.28. The van der Waals surface area contributed by atoms with Crippen molar-refractivity contribution < 1.29 is 9.53 Å². The number of hydrogen-bond donors (Lipinski definition) is 2. The first-order valence-corrected chi connectivity index (χ1v) is 9.43. The fraction of sp³-hybridized carbons (Fsp3) is 0.368. The topological polar surface area (TPSA) is 99.3 Å². The summed E-state index contributed by atoms with van der Waals surface area (Å²) in [5, 5.41) is 10.9. The van der Waals surface area contributed by atoms with Crippen LogP contribution < -0.4 is 15.1 Å². The van der Waals surface area contributed by atoms with Crippen molar-refractivity contribution in [2.75, 3.05) is 55.7 Å². The van der Waals surface area contributed by atoms with Crippen LogP contribution in [0.3, 0.4) is 0 Å². The lowest BCUT2D eigenvalue weighted by Crippen LogP contribution is -2.47. The molecule has 144 valence electrons. The van der Waals surface area contributed by atoms with Crippen molar-refractivity contribution in [2.45, 2.75) is 0 Å². The summed E-state index contributed by atoms with van der Waals surface area (Å²) in [6.45, 7) is 4.67. The normalized spacial score (nSPS) is 17.8. The number of hydrogen-bond acceptors (Lipinski definition) is 7. The van der Waals surface area contributed by atoms with Crippen LogP contribution >= 0.6 is 0 Å². The standard InChI is InChI=1S/C19H21N7O2/c27-17-12-26(6-5-20-17)15-11-16(25-7-9-28-10-8-25)23-18-13(15)1-3-21-19(18)14-2-4-22-24-14/h1-4,11H,5-10,12H2,(H,20,27)(H,22,24). The van der Waals surface area contributed by atoms with Gasteiger partial charge in [-0.15, -0.1) is 0 Å². The van der Waals surface area contributed by atoms with E-state index in [2.05, 4.69) is 36.4 Å². The van der Waals surface area contributed by atoms with E-state index in [1.807, 2.05) is 12.1 Å². The van der Waals surface area contributed by atoms with Crippen LogP contribution in [0.25, 0.3) is 22.3 Å². The van der Waals surface area contributed by atoms with Gasteiger partial charge < -0.3 is 19.9 Å². The maximum Gasteiger partial charge on any atom is 0.239 e. The van der Waals surface area contributed by atoms with Crippen LogP contribution in [0, 0.1) is 0 Å². The van der Waals surface area contributed by atoms with Gasteiger partial charge in [0.1, 0.15) is 17.0 Å². The SMILES string of the molecule is O=C1CN(c2cc(N3CCOCC3)nc3c(-c4ccn[nH]4)nccc23)CCN1. The molecule has 2 aliphatic heterocycles. The number of H-pyrrole nitrogens is 1. The van der Waals surface area contributed by atoms with E-state index in [4.69, 9.17) is 9.72 Å². The smallest absolute Gasteiger partial charge is 0.239 e. The molecule has 28 heavy (non-hydrogen) atoms. The summed E-state index contributed by atoms with van der Waals surface area (Å²) in [5.41, 5.74) is 3.38. The summed E-state index contributed by atoms with van der Waals surface area (Å²) in [6.07, 6.45) is 3.49. The summed E-state index contributed by atoms with van der Waals surface area (Å²) in [6, 6.07) is 5.94. The first-order valence-electron chi connectivity index (χ1n) is 9.43. The highest BCUT2D eigenvalue weighted by Crippen LogP contribution is 2.34. The predicted molar refractivity (Wildman–Crippen MR) is 105 cm³/mol. The quantitative estimate of drug-likeness (QED) is 0.694. The Morgan fingerprint density at radius 2 is 1.96 bits per heavy atom. The van der Waals surface area contributed by atoms with Crippen LogP contribution in [-0.4, -0.2) is 72.0 Å². The number of aromatic amines is 1. The van der Waals surface area contributed by atoms with Gasteiger partial charge in [0.2, 0.25) is 5.91 Å². The fourth-order valence-electron chi connectivity index (χ4n) is 3.77. The van der Waals surface area contributed by atoms with Gasteiger partial charge >= 0.3 is 0 Å². The molecule has 5 heterocycles. The number of piperazine rings is 1. The zero-order valence-corrected chi connectivity index (χ0v) is 15.4. The van der Waals surface area contributed by atoms with E-state index < -0.39 is 0 Å². The number of amides is 1. The number of pyridine rings is 2. The zero-order chi connectivity index (χ0) is 18.9. The molecule has 0 unspecified atom stereocenters. The van der Waals surface area contributed by atoms with Crippen molar-refractivity contribution in [3.05, 3.63) is 30.6 Å². The van der Waals surface area contributed by atoms with E-state index in [-0.39, 0.29) is 5.91 Å². The van der Waals surface area contributed by atoms with Crippen LogP contribution in [0.5, 0.6) is 0 Å². The largest absolute Gasteiger partial charge is 0.378 e. The molecule has 2 saturated heterocycles. The highest BCUT2D eigenvalue weighted by molar-refractivity contribution is 6.01. The number of nitrogens with zero attached hydrogens (tertiary/aromatic N) is 5. The molecule has 0 atom stereocenters. The lowest BCUT2D eigenvalue weighted by atomic mass is 10.1. The third-order valence-electron chi connectivity index (χ3n) is 5.16. The van der Waals surface area contributed by atoms with Gasteiger partial charge in [0.25, 0.3) is 0 Å². The van der Waals surface area contributed by atoms with E-state index in [0.717, 1.165) is 53.4 Å². The van der Waals surface area contributed by atoms with Crippen LogP contribution in [0.1, 0.15) is 0 Å². The Morgan fingerprint density at radius 3 is 2.75 bits per heavy atom. The maximum atomic E-state index is 12.0. The van der Waals surface area contributed by atoms with Gasteiger partial charge in [-0.05, 0) is 12.1 Å². The van der Waals surface area contributed by atoms with Gasteiger partial charge in [0, 0.05) is 50.0 Å². The Bertz CT molecular complexity index is 999. The molecule has 0 bridgehead atoms. The molecule has 3 aromatic rings. The molecule has 2 N–H and O–H groups in total. The Morgan fingerprint density at radius 1 is 1.07 bits per heavy atom. The second kappa shape index (κ2) is 7.08. The molecule has 0 radical (unpaired) electrons. The van der Waals surface area contributed by atoms with Gasteiger partial charge in [-0.1, -0.05) is 0 Å². The number of carbonyl (C=O) groups is 1. The number of morpholine rings is 1. The predicted octanol–water partition coefficient (Wildman–Crippen LogP) is 0.793. The van der Waals surface area contributed by atoms with Crippen LogP contribution in [-0.2, 0) is 9.53 Å². The zero-order valence-electron chi connectivity index (χ0n) is 15.4. The van der Waals surface area contributed by atoms with Crippen LogP contribution in [0.4, 0.5) is 11.5 Å². The highest BCUT2D eigenvalue weighted by Gasteiger charge is 2.23. The summed E-state index contributed by atoms with van der Waals surface area (Å²) in [5.74, 6) is 0.914. The molecule has 0 aromatic carbocycles. The molecule has 0 spiro atoms. The third-order valence-corrected chi connectivity index (χ3v) is 5.16. The molecule has 1 amide bonds. The summed E-state index contributed by atoms with van der Waals surface area (Å²) in [4.78, 5) is 25.9. The van der Waals surface area contributed by atoms with E-state index in [1.54, 1.807) is 12.4 Å². The average Bonchev–Trinajstić information content (AvgIpc) is 3.28. The number of nitrogens with one attached hydrogen (secondary N) is 2. The van der Waals surface area contributed by atoms with Crippen LogP contribution in [0.15, 0.2) is 30.6 Å². The van der Waals surface area contributed by atoms with Gasteiger partial charge in [0.05, 0.1) is 31.1 Å². The van der Waals surface area contributed by atoms with E-state index in [1.165, 1.54) is 0 Å². The lowest BCUT2D eigenvalue weighted by Gasteiger charge is -2.32. The Labute approximate surface area is 161 Å². The Hall–Kier alpha value is -3.20. The Balaban J connectivity index is 1.70. The number of fused-ring (bicyclic) bond motifs is 1. The minimum absolute atomic E-state index is 0.0342. The van der Waals surface area contributed by atoms with Crippen molar-refractivity contribution >= 4 is 28.3 Å².